The van der Waals surface area contributed by atoms with Crippen molar-refractivity contribution in [2.75, 3.05) is 19.6 Å². The largest absolute Gasteiger partial charge is 0.387 e. The summed E-state index contributed by atoms with van der Waals surface area (Å²) in [4.78, 5) is 2.26. The highest BCUT2D eigenvalue weighted by Crippen LogP contribution is 2.35. The van der Waals surface area contributed by atoms with Gasteiger partial charge in [0.2, 0.25) is 0 Å². The van der Waals surface area contributed by atoms with Gasteiger partial charge in [-0.2, -0.15) is 0 Å². The van der Waals surface area contributed by atoms with Gasteiger partial charge in [-0.05, 0) is 61.4 Å². The lowest BCUT2D eigenvalue weighted by molar-refractivity contribution is -0.0348. The molecular formula is C22H29NO2. The molecule has 134 valence electrons. The van der Waals surface area contributed by atoms with E-state index >= 15 is 0 Å². The van der Waals surface area contributed by atoms with Gasteiger partial charge in [-0.25, -0.2) is 0 Å². The third kappa shape index (κ3) is 3.95. The van der Waals surface area contributed by atoms with Crippen molar-refractivity contribution >= 4 is 0 Å². The molecule has 3 nitrogen and oxygen atoms in total. The Kier molecular flexibility index (Phi) is 5.28. The third-order valence-corrected chi connectivity index (χ3v) is 5.68. The van der Waals surface area contributed by atoms with Crippen LogP contribution in [0.3, 0.4) is 0 Å². The van der Waals surface area contributed by atoms with Gasteiger partial charge in [0.1, 0.15) is 0 Å². The minimum atomic E-state index is -0.743. The fraction of sp³-hybridized carbons (Fsp3) is 0.455. The summed E-state index contributed by atoms with van der Waals surface area (Å²) < 4.78 is 0. The monoisotopic (exact) mass is 339 g/mol. The number of rotatable bonds is 4. The molecule has 0 amide bonds. The molecule has 1 atom stereocenters. The Balaban J connectivity index is 1.62. The molecular weight excluding hydrogens is 310 g/mol. The molecule has 0 unspecified atom stereocenters. The van der Waals surface area contributed by atoms with E-state index in [1.165, 1.54) is 11.1 Å². The Bertz CT molecular complexity index is 733. The van der Waals surface area contributed by atoms with E-state index in [2.05, 4.69) is 43.9 Å². The summed E-state index contributed by atoms with van der Waals surface area (Å²) >= 11 is 0. The van der Waals surface area contributed by atoms with Crippen LogP contribution in [0.4, 0.5) is 0 Å². The van der Waals surface area contributed by atoms with Gasteiger partial charge in [0.15, 0.2) is 0 Å². The van der Waals surface area contributed by atoms with Gasteiger partial charge < -0.3 is 15.1 Å². The van der Waals surface area contributed by atoms with E-state index in [-0.39, 0.29) is 0 Å². The van der Waals surface area contributed by atoms with Crippen LogP contribution in [0.5, 0.6) is 0 Å². The van der Waals surface area contributed by atoms with E-state index < -0.39 is 11.7 Å². The van der Waals surface area contributed by atoms with Gasteiger partial charge in [-0.3, -0.25) is 0 Å². The molecule has 0 aliphatic carbocycles. The second-order valence-electron chi connectivity index (χ2n) is 7.51. The third-order valence-electron chi connectivity index (χ3n) is 5.68. The Morgan fingerprint density at radius 2 is 1.64 bits per heavy atom. The van der Waals surface area contributed by atoms with Crippen molar-refractivity contribution in [1.29, 1.82) is 0 Å². The highest BCUT2D eigenvalue weighted by Gasteiger charge is 2.35. The fourth-order valence-electron chi connectivity index (χ4n) is 3.79. The van der Waals surface area contributed by atoms with Gasteiger partial charge in [-0.15, -0.1) is 0 Å². The molecule has 3 heteroatoms. The average molecular weight is 339 g/mol. The van der Waals surface area contributed by atoms with Crippen molar-refractivity contribution in [2.45, 2.75) is 45.3 Å². The summed E-state index contributed by atoms with van der Waals surface area (Å²) in [7, 11) is 0. The summed E-state index contributed by atoms with van der Waals surface area (Å²) in [6.45, 7) is 8.44. The first-order valence-corrected chi connectivity index (χ1v) is 9.15. The van der Waals surface area contributed by atoms with E-state index in [9.17, 15) is 10.2 Å². The number of aryl methyl sites for hydroxylation is 3. The summed E-state index contributed by atoms with van der Waals surface area (Å²) in [6, 6.07) is 14.3. The molecule has 0 saturated carbocycles. The van der Waals surface area contributed by atoms with Crippen molar-refractivity contribution in [1.82, 2.24) is 4.90 Å². The topological polar surface area (TPSA) is 43.7 Å². The van der Waals surface area contributed by atoms with Crippen LogP contribution in [0.25, 0.3) is 0 Å². The number of hydrogen-bond donors (Lipinski definition) is 2. The van der Waals surface area contributed by atoms with Gasteiger partial charge in [0.05, 0.1) is 11.7 Å². The predicted octanol–water partition coefficient (Wildman–Crippen LogP) is 3.63. The molecule has 3 rings (SSSR count). The van der Waals surface area contributed by atoms with Crippen LogP contribution >= 0.6 is 0 Å². The van der Waals surface area contributed by atoms with E-state index in [4.69, 9.17) is 0 Å². The minimum absolute atomic E-state index is 0.482. The fourth-order valence-corrected chi connectivity index (χ4v) is 3.79. The van der Waals surface area contributed by atoms with Gasteiger partial charge in [0.25, 0.3) is 0 Å². The zero-order chi connectivity index (χ0) is 18.0. The number of β-amino-alcohol motifs (C(OH)–C–C–N with tert-alkyl or cyclic N) is 1. The zero-order valence-corrected chi connectivity index (χ0v) is 15.5. The van der Waals surface area contributed by atoms with Crippen LogP contribution in [0.1, 0.15) is 46.8 Å². The summed E-state index contributed by atoms with van der Waals surface area (Å²) in [6.07, 6.45) is 0.929. The molecule has 2 aromatic rings. The van der Waals surface area contributed by atoms with E-state index in [0.717, 1.165) is 29.8 Å². The predicted molar refractivity (Wildman–Crippen MR) is 102 cm³/mol. The maximum Gasteiger partial charge on any atom is 0.0923 e. The van der Waals surface area contributed by atoms with Crippen molar-refractivity contribution < 1.29 is 10.2 Å². The van der Waals surface area contributed by atoms with Crippen LogP contribution in [-0.4, -0.2) is 34.7 Å². The Hall–Kier alpha value is -1.68. The first-order chi connectivity index (χ1) is 11.9. The maximum atomic E-state index is 11.1. The van der Waals surface area contributed by atoms with Crippen LogP contribution in [0.15, 0.2) is 42.5 Å². The molecule has 25 heavy (non-hydrogen) atoms. The van der Waals surface area contributed by atoms with E-state index in [1.807, 2.05) is 24.3 Å². The highest BCUT2D eigenvalue weighted by molar-refractivity contribution is 5.32. The standard InChI is InChI=1S/C22H29NO2/c1-16-8-9-19(14-18(16)3)21(24)15-23-12-10-22(25,11-13-23)20-7-5-4-6-17(20)2/h4-9,14,21,24-25H,10-13,15H2,1-3H3/t21-/m1/s1. The smallest absolute Gasteiger partial charge is 0.0923 e. The molecule has 2 aromatic carbocycles. The SMILES string of the molecule is Cc1ccc([C@H](O)CN2CCC(O)(c3ccccc3C)CC2)cc1C. The van der Waals surface area contributed by atoms with Crippen molar-refractivity contribution in [3.05, 3.63) is 70.3 Å². The molecule has 0 spiro atoms. The van der Waals surface area contributed by atoms with Gasteiger partial charge in [-0.1, -0.05) is 42.5 Å². The Morgan fingerprint density at radius 3 is 2.28 bits per heavy atom. The number of piperidine rings is 1. The molecule has 2 N–H and O–H groups in total. The molecule has 1 fully saturated rings. The summed E-state index contributed by atoms with van der Waals surface area (Å²) in [5.41, 5.74) is 4.88. The molecule has 1 heterocycles. The first kappa shape index (κ1) is 18.1. The lowest BCUT2D eigenvalue weighted by Crippen LogP contribution is -2.44. The van der Waals surface area contributed by atoms with Crippen LogP contribution < -0.4 is 0 Å². The van der Waals surface area contributed by atoms with Crippen LogP contribution in [0.2, 0.25) is 0 Å². The van der Waals surface area contributed by atoms with E-state index in [1.54, 1.807) is 0 Å². The number of aliphatic hydroxyl groups is 2. The lowest BCUT2D eigenvalue weighted by atomic mass is 9.82. The Morgan fingerprint density at radius 1 is 0.960 bits per heavy atom. The number of benzene rings is 2. The van der Waals surface area contributed by atoms with Crippen LogP contribution in [0, 0.1) is 20.8 Å². The maximum absolute atomic E-state index is 11.1. The van der Waals surface area contributed by atoms with Crippen molar-refractivity contribution in [3.63, 3.8) is 0 Å². The normalized spacial score (nSPS) is 18.9. The summed E-state index contributed by atoms with van der Waals surface area (Å²) in [5.74, 6) is 0. The number of hydrogen-bond acceptors (Lipinski definition) is 3. The zero-order valence-electron chi connectivity index (χ0n) is 15.5. The first-order valence-electron chi connectivity index (χ1n) is 9.15. The highest BCUT2D eigenvalue weighted by atomic mass is 16.3. The van der Waals surface area contributed by atoms with Crippen molar-refractivity contribution in [2.24, 2.45) is 0 Å². The second-order valence-corrected chi connectivity index (χ2v) is 7.51. The molecule has 1 aliphatic rings. The van der Waals surface area contributed by atoms with Crippen LogP contribution in [-0.2, 0) is 5.60 Å². The molecule has 1 saturated heterocycles. The van der Waals surface area contributed by atoms with Gasteiger partial charge >= 0.3 is 0 Å². The Labute approximate surface area is 150 Å². The molecule has 0 radical (unpaired) electrons. The van der Waals surface area contributed by atoms with E-state index in [0.29, 0.717) is 19.4 Å². The number of likely N-dealkylation sites (tertiary alicyclic amines) is 1. The second kappa shape index (κ2) is 7.28. The van der Waals surface area contributed by atoms with Gasteiger partial charge in [0, 0.05) is 19.6 Å². The molecule has 0 aromatic heterocycles. The average Bonchev–Trinajstić information content (AvgIpc) is 2.60. The quantitative estimate of drug-likeness (QED) is 0.894. The lowest BCUT2D eigenvalue weighted by Gasteiger charge is -2.40. The van der Waals surface area contributed by atoms with Crippen molar-refractivity contribution in [3.8, 4) is 0 Å². The molecule has 1 aliphatic heterocycles. The number of nitrogens with zero attached hydrogens (tertiary/aromatic N) is 1. The molecule has 0 bridgehead atoms. The summed E-state index contributed by atoms with van der Waals surface area (Å²) in [5, 5.41) is 21.6. The number of aliphatic hydroxyl groups excluding tert-OH is 1. The minimum Gasteiger partial charge on any atom is -0.387 e.